The summed E-state index contributed by atoms with van der Waals surface area (Å²) in [5, 5.41) is 4.93. The summed E-state index contributed by atoms with van der Waals surface area (Å²) in [5.41, 5.74) is 9.65. The van der Waals surface area contributed by atoms with E-state index in [4.69, 9.17) is 5.73 Å². The Morgan fingerprint density at radius 3 is 2.74 bits per heavy atom. The van der Waals surface area contributed by atoms with Crippen molar-refractivity contribution in [3.05, 3.63) is 35.5 Å². The topological polar surface area (TPSA) is 43.0 Å². The second kappa shape index (κ2) is 4.99. The Labute approximate surface area is 114 Å². The van der Waals surface area contributed by atoms with Crippen LogP contribution in [0, 0.1) is 0 Å². The molecule has 0 bridgehead atoms. The summed E-state index contributed by atoms with van der Waals surface area (Å²) in [4.78, 5) is 0. The minimum absolute atomic E-state index is 0.474. The average Bonchev–Trinajstić information content (AvgIpc) is 3.15. The van der Waals surface area contributed by atoms with Gasteiger partial charge in [0.15, 0.2) is 0 Å². The number of nitrogens with zero attached hydrogens (tertiary/aromatic N) is 1. The molecule has 19 heavy (non-hydrogen) atoms. The SMILES string of the molecule is CC(C)n1c(CNC2CC2)cc2ccc(CN)cc21. The highest BCUT2D eigenvalue weighted by atomic mass is 15.1. The summed E-state index contributed by atoms with van der Waals surface area (Å²) < 4.78 is 2.43. The van der Waals surface area contributed by atoms with Gasteiger partial charge in [-0.25, -0.2) is 0 Å². The highest BCUT2D eigenvalue weighted by Gasteiger charge is 2.21. The number of hydrogen-bond donors (Lipinski definition) is 2. The van der Waals surface area contributed by atoms with E-state index in [1.165, 1.54) is 35.0 Å². The van der Waals surface area contributed by atoms with Gasteiger partial charge in [0.1, 0.15) is 0 Å². The maximum Gasteiger partial charge on any atom is 0.0488 e. The minimum atomic E-state index is 0.474. The zero-order chi connectivity index (χ0) is 13.4. The number of nitrogens with one attached hydrogen (secondary N) is 1. The molecule has 0 unspecified atom stereocenters. The fraction of sp³-hybridized carbons (Fsp3) is 0.500. The van der Waals surface area contributed by atoms with Gasteiger partial charge in [-0.15, -0.1) is 0 Å². The fourth-order valence-corrected chi connectivity index (χ4v) is 2.73. The van der Waals surface area contributed by atoms with Crippen molar-refractivity contribution in [2.45, 2.75) is 51.9 Å². The van der Waals surface area contributed by atoms with Gasteiger partial charge in [-0.05, 0) is 49.8 Å². The number of fused-ring (bicyclic) bond motifs is 1. The second-order valence-electron chi connectivity index (χ2n) is 5.85. The van der Waals surface area contributed by atoms with Crippen molar-refractivity contribution in [2.24, 2.45) is 5.73 Å². The van der Waals surface area contributed by atoms with E-state index in [1.54, 1.807) is 0 Å². The third-order valence-electron chi connectivity index (χ3n) is 3.89. The smallest absolute Gasteiger partial charge is 0.0488 e. The first-order valence-electron chi connectivity index (χ1n) is 7.25. The van der Waals surface area contributed by atoms with E-state index in [1.807, 2.05) is 0 Å². The molecule has 0 saturated heterocycles. The Bertz CT molecular complexity index is 579. The fourth-order valence-electron chi connectivity index (χ4n) is 2.73. The highest BCUT2D eigenvalue weighted by Crippen LogP contribution is 2.26. The zero-order valence-corrected chi connectivity index (χ0v) is 11.8. The van der Waals surface area contributed by atoms with Crippen molar-refractivity contribution in [3.63, 3.8) is 0 Å². The van der Waals surface area contributed by atoms with Crippen molar-refractivity contribution in [1.82, 2.24) is 9.88 Å². The van der Waals surface area contributed by atoms with E-state index in [0.29, 0.717) is 12.6 Å². The molecule has 3 N–H and O–H groups in total. The Hall–Kier alpha value is -1.32. The molecule has 1 aromatic carbocycles. The molecule has 1 heterocycles. The van der Waals surface area contributed by atoms with Crippen molar-refractivity contribution in [1.29, 1.82) is 0 Å². The summed E-state index contributed by atoms with van der Waals surface area (Å²) in [5.74, 6) is 0. The van der Waals surface area contributed by atoms with Crippen LogP contribution in [0.2, 0.25) is 0 Å². The third-order valence-corrected chi connectivity index (χ3v) is 3.89. The van der Waals surface area contributed by atoms with Gasteiger partial charge in [0.25, 0.3) is 0 Å². The van der Waals surface area contributed by atoms with Crippen molar-refractivity contribution in [2.75, 3.05) is 0 Å². The van der Waals surface area contributed by atoms with Gasteiger partial charge in [0.2, 0.25) is 0 Å². The van der Waals surface area contributed by atoms with E-state index in [9.17, 15) is 0 Å². The molecule has 0 amide bonds. The molecule has 1 fully saturated rings. The van der Waals surface area contributed by atoms with Gasteiger partial charge in [-0.2, -0.15) is 0 Å². The van der Waals surface area contributed by atoms with Crippen LogP contribution >= 0.6 is 0 Å². The summed E-state index contributed by atoms with van der Waals surface area (Å²) in [6.07, 6.45) is 2.67. The lowest BCUT2D eigenvalue weighted by molar-refractivity contribution is 0.565. The van der Waals surface area contributed by atoms with Gasteiger partial charge in [-0.1, -0.05) is 12.1 Å². The summed E-state index contributed by atoms with van der Waals surface area (Å²) in [7, 11) is 0. The first kappa shape index (κ1) is 12.7. The maximum atomic E-state index is 5.76. The van der Waals surface area contributed by atoms with E-state index < -0.39 is 0 Å². The Kier molecular flexibility index (Phi) is 3.33. The van der Waals surface area contributed by atoms with Gasteiger partial charge in [0, 0.05) is 36.4 Å². The van der Waals surface area contributed by atoms with Crippen LogP contribution in [-0.2, 0) is 13.1 Å². The van der Waals surface area contributed by atoms with Crippen molar-refractivity contribution < 1.29 is 0 Å². The van der Waals surface area contributed by atoms with Gasteiger partial charge in [0.05, 0.1) is 0 Å². The van der Waals surface area contributed by atoms with Crippen LogP contribution < -0.4 is 11.1 Å². The predicted octanol–water partition coefficient (Wildman–Crippen LogP) is 2.93. The molecule has 1 aliphatic rings. The standard InChI is InChI=1S/C16H23N3/c1-11(2)19-15(10-18-14-5-6-14)8-13-4-3-12(9-17)7-16(13)19/h3-4,7-8,11,14,18H,5-6,9-10,17H2,1-2H3. The highest BCUT2D eigenvalue weighted by molar-refractivity contribution is 5.82. The number of hydrogen-bond acceptors (Lipinski definition) is 2. The molecule has 3 nitrogen and oxygen atoms in total. The average molecular weight is 257 g/mol. The number of nitrogens with two attached hydrogens (primary N) is 1. The van der Waals surface area contributed by atoms with Crippen molar-refractivity contribution in [3.8, 4) is 0 Å². The molecular formula is C16H23N3. The van der Waals surface area contributed by atoms with Gasteiger partial charge >= 0.3 is 0 Å². The third kappa shape index (κ3) is 2.53. The Morgan fingerprint density at radius 2 is 2.11 bits per heavy atom. The number of rotatable bonds is 5. The van der Waals surface area contributed by atoms with E-state index >= 15 is 0 Å². The summed E-state index contributed by atoms with van der Waals surface area (Å²) >= 11 is 0. The van der Waals surface area contributed by atoms with E-state index in [2.05, 4.69) is 48.0 Å². The molecule has 3 heteroatoms. The van der Waals surface area contributed by atoms with Crippen LogP contribution in [0.15, 0.2) is 24.3 Å². The lowest BCUT2D eigenvalue weighted by Gasteiger charge is -2.15. The van der Waals surface area contributed by atoms with Crippen molar-refractivity contribution >= 4 is 10.9 Å². The quantitative estimate of drug-likeness (QED) is 0.865. The van der Waals surface area contributed by atoms with Crippen LogP contribution in [0.5, 0.6) is 0 Å². The van der Waals surface area contributed by atoms with Crippen LogP contribution in [0.25, 0.3) is 10.9 Å². The van der Waals surface area contributed by atoms with Crippen LogP contribution in [0.3, 0.4) is 0 Å². The number of benzene rings is 1. The monoisotopic (exact) mass is 257 g/mol. The molecule has 3 rings (SSSR count). The minimum Gasteiger partial charge on any atom is -0.341 e. The zero-order valence-electron chi connectivity index (χ0n) is 11.8. The normalized spacial score (nSPS) is 15.6. The molecule has 102 valence electrons. The lowest BCUT2D eigenvalue weighted by atomic mass is 10.1. The van der Waals surface area contributed by atoms with Crippen LogP contribution in [0.4, 0.5) is 0 Å². The van der Waals surface area contributed by atoms with Gasteiger partial charge < -0.3 is 15.6 Å². The predicted molar refractivity (Wildman–Crippen MR) is 80.1 cm³/mol. The molecule has 0 atom stereocenters. The van der Waals surface area contributed by atoms with E-state index in [-0.39, 0.29) is 0 Å². The molecule has 1 saturated carbocycles. The number of aromatic nitrogens is 1. The molecule has 1 aromatic heterocycles. The molecular weight excluding hydrogens is 234 g/mol. The maximum absolute atomic E-state index is 5.76. The summed E-state index contributed by atoms with van der Waals surface area (Å²) in [6.45, 7) is 6.06. The molecule has 2 aromatic rings. The summed E-state index contributed by atoms with van der Waals surface area (Å²) in [6, 6.07) is 10.1. The van der Waals surface area contributed by atoms with Gasteiger partial charge in [-0.3, -0.25) is 0 Å². The van der Waals surface area contributed by atoms with Crippen LogP contribution in [-0.4, -0.2) is 10.6 Å². The molecule has 0 spiro atoms. The molecule has 1 aliphatic carbocycles. The first-order valence-corrected chi connectivity index (χ1v) is 7.25. The largest absolute Gasteiger partial charge is 0.341 e. The Morgan fingerprint density at radius 1 is 1.32 bits per heavy atom. The van der Waals surface area contributed by atoms with Crippen LogP contribution in [0.1, 0.15) is 44.0 Å². The van der Waals surface area contributed by atoms with E-state index in [0.717, 1.165) is 12.6 Å². The lowest BCUT2D eigenvalue weighted by Crippen LogP contribution is -2.18. The second-order valence-corrected chi connectivity index (χ2v) is 5.85. The molecule has 0 aliphatic heterocycles. The first-order chi connectivity index (χ1) is 9.19. The molecule has 0 radical (unpaired) electrons. The Balaban J connectivity index is 2.01.